The van der Waals surface area contributed by atoms with E-state index in [0.29, 0.717) is 19.3 Å². The third-order valence-electron chi connectivity index (χ3n) is 13.7. The normalized spacial score (nSPS) is 19.8. The van der Waals surface area contributed by atoms with Gasteiger partial charge in [0, 0.05) is 6.42 Å². The number of ether oxygens (including phenoxy) is 3. The molecule has 1 saturated heterocycles. The van der Waals surface area contributed by atoms with Crippen LogP contribution in [0.25, 0.3) is 0 Å². The van der Waals surface area contributed by atoms with E-state index in [1.165, 1.54) is 89.9 Å². The fraction of sp³-hybridized carbons (Fsp3) is 0.723. The van der Waals surface area contributed by atoms with Crippen molar-refractivity contribution in [3.05, 3.63) is 97.2 Å². The van der Waals surface area contributed by atoms with Gasteiger partial charge in [-0.25, -0.2) is 0 Å². The Morgan fingerprint density at radius 3 is 1.45 bits per heavy atom. The van der Waals surface area contributed by atoms with Gasteiger partial charge in [0.05, 0.1) is 25.4 Å². The number of hydrogen-bond donors (Lipinski definition) is 6. The summed E-state index contributed by atoms with van der Waals surface area (Å²) in [6.45, 7) is 5.62. The topological polar surface area (TPSA) is 175 Å². The molecule has 0 bridgehead atoms. The monoisotopic (exact) mass is 1070 g/mol. The molecule has 0 aromatic rings. The lowest BCUT2D eigenvalue weighted by molar-refractivity contribution is -0.305. The number of aliphatic hydroxyl groups is 5. The first-order valence-corrected chi connectivity index (χ1v) is 30.5. The van der Waals surface area contributed by atoms with Gasteiger partial charge in [-0.3, -0.25) is 9.59 Å². The number of unbranched alkanes of at least 4 members (excludes halogenated alkanes) is 22. The van der Waals surface area contributed by atoms with Crippen LogP contribution in [0.1, 0.15) is 239 Å². The van der Waals surface area contributed by atoms with Crippen molar-refractivity contribution in [1.29, 1.82) is 0 Å². The molecule has 1 amide bonds. The van der Waals surface area contributed by atoms with Crippen molar-refractivity contribution >= 4 is 11.9 Å². The van der Waals surface area contributed by atoms with Crippen LogP contribution in [0, 0.1) is 0 Å². The SMILES string of the molecule is CC/C=C\C/C=C\C/C=C\C/C=C\C/C=C\C/C=C\CCCC(O)C(=O)NC(COC1OC(CO)C(O)C(O)C1OC(=O)CCCCCCCCC/C=C\CCCCCC)C(O)/C=C/CCCCCCCCCCCC. The van der Waals surface area contributed by atoms with E-state index >= 15 is 0 Å². The van der Waals surface area contributed by atoms with Crippen LogP contribution in [0.3, 0.4) is 0 Å². The second-order valence-electron chi connectivity index (χ2n) is 20.7. The molecule has 0 radical (unpaired) electrons. The number of nitrogens with one attached hydrogen (secondary N) is 1. The predicted molar refractivity (Wildman–Crippen MR) is 315 cm³/mol. The molecule has 0 aromatic heterocycles. The lowest BCUT2D eigenvalue weighted by Crippen LogP contribution is -2.61. The Kier molecular flexibility index (Phi) is 48.6. The molecule has 8 atom stereocenters. The molecule has 6 N–H and O–H groups in total. The zero-order chi connectivity index (χ0) is 55.4. The predicted octanol–water partition coefficient (Wildman–Crippen LogP) is 14.3. The van der Waals surface area contributed by atoms with Gasteiger partial charge in [-0.2, -0.15) is 0 Å². The molecule has 0 aliphatic carbocycles. The van der Waals surface area contributed by atoms with Crippen LogP contribution in [0.15, 0.2) is 97.2 Å². The molecule has 1 fully saturated rings. The van der Waals surface area contributed by atoms with E-state index in [-0.39, 0.29) is 19.4 Å². The Labute approximate surface area is 463 Å². The molecular weight excluding hydrogens is 955 g/mol. The summed E-state index contributed by atoms with van der Waals surface area (Å²) < 4.78 is 17.6. The highest BCUT2D eigenvalue weighted by Gasteiger charge is 2.47. The molecule has 1 rings (SSSR count). The summed E-state index contributed by atoms with van der Waals surface area (Å²) in [6, 6.07) is -1.05. The number of carbonyl (C=O) groups excluding carboxylic acids is 2. The van der Waals surface area contributed by atoms with Crippen LogP contribution >= 0.6 is 0 Å². The second kappa shape index (κ2) is 52.3. The summed E-state index contributed by atoms with van der Waals surface area (Å²) in [6.07, 6.45) is 58.7. The van der Waals surface area contributed by atoms with Crippen molar-refractivity contribution in [1.82, 2.24) is 5.32 Å². The van der Waals surface area contributed by atoms with E-state index in [0.717, 1.165) is 96.3 Å². The van der Waals surface area contributed by atoms with E-state index in [1.807, 2.05) is 12.2 Å². The van der Waals surface area contributed by atoms with Gasteiger partial charge in [0.25, 0.3) is 0 Å². The standard InChI is InChI=1S/C65H111NO10/c1-4-7-10-13-16-19-22-25-27-28-29-30-31-33-34-37-40-43-46-49-52-58(69)64(73)66-56(57(68)51-48-45-42-39-36-24-21-18-15-12-9-6-3)55-74-65-63(62(72)61(71)59(54-67)75-65)76-60(70)53-50-47-44-41-38-35-32-26-23-20-17-14-11-8-5-2/h7,10,16,19-20,23,25,27,29-30,33-34,40,43,48,51,56-59,61-63,65,67-69,71-72H,4-6,8-9,11-15,17-18,21-22,24,26,28,31-32,35-39,41-42,44-47,49-50,52-55H2,1-3H3,(H,66,73)/b10-7-,19-16-,23-20-,27-25-,30-29-,34-33-,43-40-,51-48+. The van der Waals surface area contributed by atoms with E-state index < -0.39 is 67.4 Å². The minimum Gasteiger partial charge on any atom is -0.454 e. The quantitative estimate of drug-likeness (QED) is 0.0195. The maximum absolute atomic E-state index is 13.4. The smallest absolute Gasteiger partial charge is 0.306 e. The maximum atomic E-state index is 13.4. The molecule has 11 nitrogen and oxygen atoms in total. The highest BCUT2D eigenvalue weighted by molar-refractivity contribution is 5.80. The van der Waals surface area contributed by atoms with Gasteiger partial charge in [-0.1, -0.05) is 227 Å². The number of amides is 1. The zero-order valence-corrected chi connectivity index (χ0v) is 48.1. The van der Waals surface area contributed by atoms with Gasteiger partial charge in [0.2, 0.25) is 5.91 Å². The van der Waals surface area contributed by atoms with Crippen molar-refractivity contribution in [2.24, 2.45) is 0 Å². The van der Waals surface area contributed by atoms with Crippen molar-refractivity contribution in [3.8, 4) is 0 Å². The fourth-order valence-corrected chi connectivity index (χ4v) is 8.89. The number of esters is 1. The van der Waals surface area contributed by atoms with Crippen molar-refractivity contribution in [3.63, 3.8) is 0 Å². The van der Waals surface area contributed by atoms with Gasteiger partial charge >= 0.3 is 5.97 Å². The van der Waals surface area contributed by atoms with Crippen molar-refractivity contribution in [2.75, 3.05) is 13.2 Å². The lowest BCUT2D eigenvalue weighted by Gasteiger charge is -2.41. The van der Waals surface area contributed by atoms with Crippen LogP contribution < -0.4 is 5.32 Å². The minimum atomic E-state index is -1.63. The third kappa shape index (κ3) is 39.9. The first-order valence-electron chi connectivity index (χ1n) is 30.5. The number of aliphatic hydroxyl groups excluding tert-OH is 5. The molecule has 1 heterocycles. The summed E-state index contributed by atoms with van der Waals surface area (Å²) >= 11 is 0. The van der Waals surface area contributed by atoms with Crippen LogP contribution in [0.4, 0.5) is 0 Å². The van der Waals surface area contributed by atoms with E-state index in [1.54, 1.807) is 6.08 Å². The van der Waals surface area contributed by atoms with Crippen molar-refractivity contribution in [2.45, 2.75) is 288 Å². The molecular formula is C65H111NO10. The van der Waals surface area contributed by atoms with Gasteiger partial charge in [0.1, 0.15) is 24.4 Å². The second-order valence-corrected chi connectivity index (χ2v) is 20.7. The highest BCUT2D eigenvalue weighted by atomic mass is 16.7. The molecule has 0 saturated carbocycles. The van der Waals surface area contributed by atoms with Gasteiger partial charge in [0.15, 0.2) is 12.4 Å². The summed E-state index contributed by atoms with van der Waals surface area (Å²) in [7, 11) is 0. The van der Waals surface area contributed by atoms with E-state index in [2.05, 4.69) is 105 Å². The molecule has 8 unspecified atom stereocenters. The van der Waals surface area contributed by atoms with Gasteiger partial charge < -0.3 is 45.1 Å². The molecule has 76 heavy (non-hydrogen) atoms. The molecule has 1 aliphatic rings. The summed E-state index contributed by atoms with van der Waals surface area (Å²) in [5.41, 5.74) is 0. The number of rotatable bonds is 50. The Morgan fingerprint density at radius 1 is 0.526 bits per heavy atom. The first kappa shape index (κ1) is 70.6. The first-order chi connectivity index (χ1) is 37.2. The van der Waals surface area contributed by atoms with Gasteiger partial charge in [-0.05, 0) is 103 Å². The summed E-state index contributed by atoms with van der Waals surface area (Å²) in [4.78, 5) is 26.5. The Morgan fingerprint density at radius 2 is 0.947 bits per heavy atom. The molecule has 0 aromatic carbocycles. The molecule has 11 heteroatoms. The molecule has 1 aliphatic heterocycles. The van der Waals surface area contributed by atoms with Crippen molar-refractivity contribution < 1.29 is 49.3 Å². The third-order valence-corrected chi connectivity index (χ3v) is 13.7. The summed E-state index contributed by atoms with van der Waals surface area (Å²) in [5, 5.41) is 56.9. The Balaban J connectivity index is 2.74. The maximum Gasteiger partial charge on any atom is 0.306 e. The number of carbonyl (C=O) groups is 2. The lowest BCUT2D eigenvalue weighted by atomic mass is 9.99. The highest BCUT2D eigenvalue weighted by Crippen LogP contribution is 2.26. The summed E-state index contributed by atoms with van der Waals surface area (Å²) in [5.74, 6) is -1.25. The average molecular weight is 1070 g/mol. The fourth-order valence-electron chi connectivity index (χ4n) is 8.89. The van der Waals surface area contributed by atoms with Crippen LogP contribution in [0.5, 0.6) is 0 Å². The Bertz CT molecular complexity index is 1600. The number of allylic oxidation sites excluding steroid dienone is 15. The molecule has 0 spiro atoms. The number of hydrogen-bond acceptors (Lipinski definition) is 10. The minimum absolute atomic E-state index is 0.109. The van der Waals surface area contributed by atoms with Gasteiger partial charge in [-0.15, -0.1) is 0 Å². The average Bonchev–Trinajstić information content (AvgIpc) is 3.42. The van der Waals surface area contributed by atoms with E-state index in [4.69, 9.17) is 14.2 Å². The largest absolute Gasteiger partial charge is 0.454 e. The van der Waals surface area contributed by atoms with Crippen LogP contribution in [-0.4, -0.2) is 99.6 Å². The van der Waals surface area contributed by atoms with E-state index in [9.17, 15) is 35.1 Å². The van der Waals surface area contributed by atoms with Crippen LogP contribution in [-0.2, 0) is 23.8 Å². The zero-order valence-electron chi connectivity index (χ0n) is 48.1. The van der Waals surface area contributed by atoms with Crippen LogP contribution in [0.2, 0.25) is 0 Å². The Hall–Kier alpha value is -3.42. The molecule has 436 valence electrons.